The minimum atomic E-state index is -0.106. The number of aryl methyl sites for hydroxylation is 2. The molecule has 2 aliphatic heterocycles. The molecule has 200 valence electrons. The number of hydrogen-bond acceptors (Lipinski definition) is 5. The first kappa shape index (κ1) is 24.3. The Kier molecular flexibility index (Phi) is 5.92. The maximum absolute atomic E-state index is 12.3. The van der Waals surface area contributed by atoms with Gasteiger partial charge in [0.2, 0.25) is 0 Å². The predicted octanol–water partition coefficient (Wildman–Crippen LogP) is 5.54. The second-order valence-corrected chi connectivity index (χ2v) is 11.7. The van der Waals surface area contributed by atoms with E-state index in [2.05, 4.69) is 63.5 Å². The van der Waals surface area contributed by atoms with E-state index in [9.17, 15) is 4.79 Å². The number of nitrogens with zero attached hydrogens (tertiary/aromatic N) is 3. The van der Waals surface area contributed by atoms with Crippen LogP contribution in [0.4, 0.5) is 0 Å². The number of carbonyl (C=O) groups is 1. The van der Waals surface area contributed by atoms with Gasteiger partial charge in [0.15, 0.2) is 5.65 Å². The zero-order valence-electron chi connectivity index (χ0n) is 22.7. The Hall–Kier alpha value is -3.71. The highest BCUT2D eigenvalue weighted by atomic mass is 16.5. The maximum Gasteiger partial charge on any atom is 0.255 e. The van der Waals surface area contributed by atoms with Gasteiger partial charge < -0.3 is 10.1 Å². The van der Waals surface area contributed by atoms with Crippen LogP contribution in [0.2, 0.25) is 0 Å². The van der Waals surface area contributed by atoms with Crippen molar-refractivity contribution in [2.75, 3.05) is 19.7 Å². The first-order valence-corrected chi connectivity index (χ1v) is 14.3. The number of carbonyl (C=O) groups excluding carboxylic acids is 1. The van der Waals surface area contributed by atoms with Crippen LogP contribution in [0, 0.1) is 0 Å². The van der Waals surface area contributed by atoms with E-state index in [4.69, 9.17) is 4.74 Å². The molecule has 7 heteroatoms. The van der Waals surface area contributed by atoms with Gasteiger partial charge in [-0.25, -0.2) is 4.98 Å². The van der Waals surface area contributed by atoms with E-state index in [1.165, 1.54) is 48.9 Å². The van der Waals surface area contributed by atoms with Crippen molar-refractivity contribution in [3.63, 3.8) is 0 Å². The molecule has 0 saturated carbocycles. The summed E-state index contributed by atoms with van der Waals surface area (Å²) in [6.07, 6.45) is 9.25. The minimum absolute atomic E-state index is 0.106. The minimum Gasteiger partial charge on any atom is -0.491 e. The molecule has 2 aromatic carbocycles. The van der Waals surface area contributed by atoms with Crippen molar-refractivity contribution in [2.24, 2.45) is 0 Å². The standard InChI is InChI=1S/C32H35N5O2/c1-20-4-3-14-37(20)32(2)11-9-21-5-6-22(16-23(21)10-12-32)25-17-27-29(35-36-30(27)34-19-25)24-7-8-26-28(18-24)39-15-13-33-31(26)38/h5-8,16-20H,3-4,9-15H2,1-2H3,(H,33,38)(H,34,35,36). The lowest BCUT2D eigenvalue weighted by Gasteiger charge is -2.41. The topological polar surface area (TPSA) is 83.1 Å². The number of likely N-dealkylation sites (tertiary alicyclic amines) is 1. The number of aromatic amines is 1. The second-order valence-electron chi connectivity index (χ2n) is 11.7. The molecule has 4 aromatic rings. The van der Waals surface area contributed by atoms with Crippen molar-refractivity contribution in [3.8, 4) is 28.1 Å². The van der Waals surface area contributed by atoms with Crippen LogP contribution < -0.4 is 10.1 Å². The smallest absolute Gasteiger partial charge is 0.255 e. The number of amides is 1. The lowest BCUT2D eigenvalue weighted by atomic mass is 9.89. The highest BCUT2D eigenvalue weighted by molar-refractivity contribution is 5.99. The lowest BCUT2D eigenvalue weighted by molar-refractivity contribution is 0.0821. The van der Waals surface area contributed by atoms with Crippen LogP contribution in [0.5, 0.6) is 5.75 Å². The van der Waals surface area contributed by atoms with Crippen LogP contribution in [-0.4, -0.2) is 57.3 Å². The largest absolute Gasteiger partial charge is 0.491 e. The molecule has 39 heavy (non-hydrogen) atoms. The summed E-state index contributed by atoms with van der Waals surface area (Å²) in [6.45, 7) is 7.07. The fourth-order valence-electron chi connectivity index (χ4n) is 6.92. The third-order valence-corrected chi connectivity index (χ3v) is 9.22. The second kappa shape index (κ2) is 9.49. The normalized spacial score (nSPS) is 23.4. The van der Waals surface area contributed by atoms with Crippen molar-refractivity contribution in [2.45, 2.75) is 64.0 Å². The molecule has 4 heterocycles. The molecule has 2 aromatic heterocycles. The zero-order chi connectivity index (χ0) is 26.6. The number of ether oxygens (including phenoxy) is 1. The molecule has 7 rings (SSSR count). The summed E-state index contributed by atoms with van der Waals surface area (Å²) in [7, 11) is 0. The van der Waals surface area contributed by atoms with Crippen LogP contribution in [-0.2, 0) is 12.8 Å². The molecule has 2 atom stereocenters. The fraction of sp³-hybridized carbons (Fsp3) is 0.406. The lowest BCUT2D eigenvalue weighted by Crippen LogP contribution is -2.48. The van der Waals surface area contributed by atoms with Crippen LogP contribution in [0.3, 0.4) is 0 Å². The molecule has 1 saturated heterocycles. The van der Waals surface area contributed by atoms with E-state index >= 15 is 0 Å². The van der Waals surface area contributed by atoms with Gasteiger partial charge in [0.1, 0.15) is 12.4 Å². The highest BCUT2D eigenvalue weighted by Gasteiger charge is 2.38. The summed E-state index contributed by atoms with van der Waals surface area (Å²) in [4.78, 5) is 19.8. The molecular weight excluding hydrogens is 486 g/mol. The number of benzene rings is 2. The van der Waals surface area contributed by atoms with Crippen molar-refractivity contribution < 1.29 is 9.53 Å². The summed E-state index contributed by atoms with van der Waals surface area (Å²) in [5.74, 6) is 0.487. The molecule has 1 amide bonds. The van der Waals surface area contributed by atoms with Gasteiger partial charge >= 0.3 is 0 Å². The number of hydrogen-bond donors (Lipinski definition) is 2. The van der Waals surface area contributed by atoms with E-state index < -0.39 is 0 Å². The summed E-state index contributed by atoms with van der Waals surface area (Å²) >= 11 is 0. The average Bonchev–Trinajstić information content (AvgIpc) is 3.49. The SMILES string of the molecule is CC1CCCN1C1(C)CCc2ccc(-c3cnc4n[nH]c(-c5ccc6c(c5)OCCNC6=O)c4c3)cc2CC1. The third kappa shape index (κ3) is 4.29. The van der Waals surface area contributed by atoms with E-state index in [1.54, 1.807) is 0 Å². The highest BCUT2D eigenvalue weighted by Crippen LogP contribution is 2.38. The summed E-state index contributed by atoms with van der Waals surface area (Å²) in [5.41, 5.74) is 8.53. The van der Waals surface area contributed by atoms with Gasteiger partial charge in [-0.3, -0.25) is 14.8 Å². The van der Waals surface area contributed by atoms with Crippen LogP contribution >= 0.6 is 0 Å². The Bertz CT molecular complexity index is 1580. The molecule has 3 aliphatic rings. The van der Waals surface area contributed by atoms with Gasteiger partial charge in [0, 0.05) is 34.3 Å². The van der Waals surface area contributed by atoms with Gasteiger partial charge in [-0.15, -0.1) is 0 Å². The molecular formula is C32H35N5O2. The van der Waals surface area contributed by atoms with Crippen LogP contribution in [0.25, 0.3) is 33.4 Å². The molecule has 2 N–H and O–H groups in total. The van der Waals surface area contributed by atoms with Crippen molar-refractivity contribution in [1.29, 1.82) is 0 Å². The maximum atomic E-state index is 12.3. The van der Waals surface area contributed by atoms with Crippen molar-refractivity contribution in [1.82, 2.24) is 25.4 Å². The first-order chi connectivity index (χ1) is 19.0. The monoisotopic (exact) mass is 521 g/mol. The summed E-state index contributed by atoms with van der Waals surface area (Å²) in [5, 5.41) is 11.4. The fourth-order valence-corrected chi connectivity index (χ4v) is 6.92. The van der Waals surface area contributed by atoms with Gasteiger partial charge in [-0.1, -0.05) is 24.3 Å². The van der Waals surface area contributed by atoms with E-state index in [-0.39, 0.29) is 11.4 Å². The molecule has 0 bridgehead atoms. The van der Waals surface area contributed by atoms with Gasteiger partial charge in [0.05, 0.1) is 17.8 Å². The number of nitrogens with one attached hydrogen (secondary N) is 2. The van der Waals surface area contributed by atoms with Gasteiger partial charge in [0.25, 0.3) is 5.91 Å². The van der Waals surface area contributed by atoms with Crippen LogP contribution in [0.15, 0.2) is 48.7 Å². The van der Waals surface area contributed by atoms with Crippen molar-refractivity contribution >= 4 is 16.9 Å². The van der Waals surface area contributed by atoms with E-state index in [0.29, 0.717) is 36.2 Å². The number of H-pyrrole nitrogens is 1. The third-order valence-electron chi connectivity index (χ3n) is 9.22. The molecule has 2 unspecified atom stereocenters. The van der Waals surface area contributed by atoms with Crippen LogP contribution in [0.1, 0.15) is 61.0 Å². The Labute approximate surface area is 229 Å². The van der Waals surface area contributed by atoms with E-state index in [1.807, 2.05) is 24.4 Å². The number of rotatable bonds is 3. The Morgan fingerprint density at radius 2 is 1.87 bits per heavy atom. The quantitative estimate of drug-likeness (QED) is 0.346. The molecule has 0 spiro atoms. The average molecular weight is 522 g/mol. The summed E-state index contributed by atoms with van der Waals surface area (Å²) < 4.78 is 5.84. The zero-order valence-corrected chi connectivity index (χ0v) is 22.7. The van der Waals surface area contributed by atoms with Gasteiger partial charge in [-0.2, -0.15) is 5.10 Å². The Balaban J connectivity index is 1.20. The Morgan fingerprint density at radius 3 is 2.72 bits per heavy atom. The number of pyridine rings is 1. The van der Waals surface area contributed by atoms with E-state index in [0.717, 1.165) is 35.0 Å². The molecule has 1 fully saturated rings. The Morgan fingerprint density at radius 1 is 1.03 bits per heavy atom. The molecule has 1 aliphatic carbocycles. The van der Waals surface area contributed by atoms with Crippen molar-refractivity contribution in [3.05, 3.63) is 65.4 Å². The predicted molar refractivity (Wildman–Crippen MR) is 153 cm³/mol. The summed E-state index contributed by atoms with van der Waals surface area (Å²) in [6, 6.07) is 15.5. The molecule has 0 radical (unpaired) electrons. The number of fused-ring (bicyclic) bond motifs is 3. The molecule has 7 nitrogen and oxygen atoms in total. The number of aromatic nitrogens is 3. The van der Waals surface area contributed by atoms with Gasteiger partial charge in [-0.05, 0) is 93.8 Å². The first-order valence-electron chi connectivity index (χ1n) is 14.3.